The molecule has 0 fully saturated rings. The Morgan fingerprint density at radius 2 is 2.18 bits per heavy atom. The summed E-state index contributed by atoms with van der Waals surface area (Å²) in [5, 5.41) is 15.4. The number of nitrogens with zero attached hydrogens (tertiary/aromatic N) is 2. The number of amides is 1. The van der Waals surface area contributed by atoms with Crippen molar-refractivity contribution in [3.05, 3.63) is 11.9 Å². The zero-order valence-electron chi connectivity index (χ0n) is 10.1. The van der Waals surface area contributed by atoms with Crippen molar-refractivity contribution in [2.45, 2.75) is 39.7 Å². The number of hydrogen-bond acceptors (Lipinski definition) is 3. The number of anilines is 1. The molecule has 0 bridgehead atoms. The smallest absolute Gasteiger partial charge is 0.303 e. The molecule has 1 aromatic heterocycles. The lowest BCUT2D eigenvalue weighted by molar-refractivity contribution is -0.137. The number of nitrogens with one attached hydrogen (secondary N) is 1. The zero-order valence-corrected chi connectivity index (χ0v) is 10.1. The quantitative estimate of drug-likeness (QED) is 0.786. The summed E-state index contributed by atoms with van der Waals surface area (Å²) < 4.78 is 1.74. The summed E-state index contributed by atoms with van der Waals surface area (Å²) in [4.78, 5) is 21.8. The van der Waals surface area contributed by atoms with Gasteiger partial charge in [0, 0.05) is 25.6 Å². The fourth-order valence-corrected chi connectivity index (χ4v) is 1.42. The molecule has 1 rings (SSSR count). The van der Waals surface area contributed by atoms with Crippen LogP contribution >= 0.6 is 0 Å². The number of aromatic nitrogens is 2. The number of carbonyl (C=O) groups is 2. The second-order valence-electron chi connectivity index (χ2n) is 3.78. The molecular weight excluding hydrogens is 222 g/mol. The molecular formula is C11H17N3O3. The molecule has 0 atom stereocenters. The van der Waals surface area contributed by atoms with Crippen molar-refractivity contribution < 1.29 is 14.7 Å². The highest BCUT2D eigenvalue weighted by molar-refractivity contribution is 5.91. The highest BCUT2D eigenvalue weighted by Gasteiger charge is 2.08. The lowest BCUT2D eigenvalue weighted by Gasteiger charge is -2.02. The van der Waals surface area contributed by atoms with E-state index in [0.29, 0.717) is 12.1 Å². The lowest BCUT2D eigenvalue weighted by Crippen LogP contribution is -2.12. The first-order chi connectivity index (χ1) is 8.02. The van der Waals surface area contributed by atoms with Crippen molar-refractivity contribution in [3.8, 4) is 0 Å². The van der Waals surface area contributed by atoms with Gasteiger partial charge in [0.05, 0.1) is 11.4 Å². The summed E-state index contributed by atoms with van der Waals surface area (Å²) >= 11 is 0. The Labute approximate surface area is 99.6 Å². The largest absolute Gasteiger partial charge is 0.481 e. The van der Waals surface area contributed by atoms with E-state index in [1.54, 1.807) is 10.9 Å². The van der Waals surface area contributed by atoms with Crippen LogP contribution in [0.4, 0.5) is 5.69 Å². The van der Waals surface area contributed by atoms with Gasteiger partial charge in [-0.05, 0) is 20.3 Å². The topological polar surface area (TPSA) is 84.2 Å². The first-order valence-corrected chi connectivity index (χ1v) is 5.58. The van der Waals surface area contributed by atoms with E-state index < -0.39 is 5.97 Å². The van der Waals surface area contributed by atoms with Gasteiger partial charge in [-0.1, -0.05) is 0 Å². The molecule has 1 amide bonds. The van der Waals surface area contributed by atoms with Crippen LogP contribution in [0.5, 0.6) is 0 Å². The van der Waals surface area contributed by atoms with Crippen LogP contribution in [0.15, 0.2) is 6.20 Å². The Kier molecular flexibility index (Phi) is 4.68. The van der Waals surface area contributed by atoms with Gasteiger partial charge in [-0.25, -0.2) is 0 Å². The van der Waals surface area contributed by atoms with Crippen LogP contribution in [-0.4, -0.2) is 26.8 Å². The van der Waals surface area contributed by atoms with Gasteiger partial charge in [0.1, 0.15) is 0 Å². The molecule has 2 N–H and O–H groups in total. The van der Waals surface area contributed by atoms with Gasteiger partial charge in [-0.15, -0.1) is 0 Å². The predicted molar refractivity (Wildman–Crippen MR) is 62.8 cm³/mol. The predicted octanol–water partition coefficient (Wildman–Crippen LogP) is 1.40. The fourth-order valence-electron chi connectivity index (χ4n) is 1.42. The number of aryl methyl sites for hydroxylation is 2. The Morgan fingerprint density at radius 1 is 1.47 bits per heavy atom. The van der Waals surface area contributed by atoms with E-state index in [4.69, 9.17) is 5.11 Å². The van der Waals surface area contributed by atoms with E-state index >= 15 is 0 Å². The van der Waals surface area contributed by atoms with Gasteiger partial charge in [-0.2, -0.15) is 5.10 Å². The highest BCUT2D eigenvalue weighted by Crippen LogP contribution is 2.13. The van der Waals surface area contributed by atoms with E-state index in [9.17, 15) is 9.59 Å². The van der Waals surface area contributed by atoms with E-state index in [1.807, 2.05) is 13.8 Å². The minimum absolute atomic E-state index is 0.0145. The van der Waals surface area contributed by atoms with Gasteiger partial charge < -0.3 is 10.4 Å². The van der Waals surface area contributed by atoms with E-state index in [2.05, 4.69) is 10.4 Å². The summed E-state index contributed by atoms with van der Waals surface area (Å²) in [5.74, 6) is -1.06. The van der Waals surface area contributed by atoms with E-state index in [-0.39, 0.29) is 18.7 Å². The third-order valence-electron chi connectivity index (χ3n) is 2.34. The second kappa shape index (κ2) is 6.03. The Balaban J connectivity index is 2.44. The van der Waals surface area contributed by atoms with Gasteiger partial charge in [0.15, 0.2) is 0 Å². The van der Waals surface area contributed by atoms with Crippen LogP contribution in [-0.2, 0) is 16.1 Å². The van der Waals surface area contributed by atoms with Crippen molar-refractivity contribution in [1.29, 1.82) is 0 Å². The number of carboxylic acid groups (broad SMARTS) is 1. The van der Waals surface area contributed by atoms with Gasteiger partial charge >= 0.3 is 5.97 Å². The second-order valence-corrected chi connectivity index (χ2v) is 3.78. The molecule has 94 valence electrons. The number of carboxylic acids is 1. The molecule has 1 aromatic rings. The Morgan fingerprint density at radius 3 is 2.71 bits per heavy atom. The van der Waals surface area contributed by atoms with E-state index in [1.165, 1.54) is 0 Å². The monoisotopic (exact) mass is 239 g/mol. The first kappa shape index (κ1) is 13.2. The molecule has 1 heterocycles. The van der Waals surface area contributed by atoms with Crippen molar-refractivity contribution in [2.75, 3.05) is 5.32 Å². The molecule has 0 unspecified atom stereocenters. The minimum atomic E-state index is -0.882. The molecule has 0 spiro atoms. The van der Waals surface area contributed by atoms with Crippen LogP contribution in [0.2, 0.25) is 0 Å². The molecule has 0 saturated carbocycles. The summed E-state index contributed by atoms with van der Waals surface area (Å²) in [6.45, 7) is 4.53. The maximum absolute atomic E-state index is 11.5. The van der Waals surface area contributed by atoms with E-state index in [0.717, 1.165) is 12.2 Å². The molecule has 0 radical (unpaired) electrons. The summed E-state index contributed by atoms with van der Waals surface area (Å²) in [5.41, 5.74) is 1.45. The van der Waals surface area contributed by atoms with Crippen molar-refractivity contribution in [2.24, 2.45) is 0 Å². The number of aliphatic carboxylic acids is 1. The van der Waals surface area contributed by atoms with Crippen molar-refractivity contribution >= 4 is 17.6 Å². The summed E-state index contributed by atoms with van der Waals surface area (Å²) in [7, 11) is 0. The molecule has 0 aliphatic heterocycles. The van der Waals surface area contributed by atoms with Crippen LogP contribution in [0, 0.1) is 6.92 Å². The normalized spacial score (nSPS) is 10.2. The van der Waals surface area contributed by atoms with Crippen molar-refractivity contribution in [3.63, 3.8) is 0 Å². The molecule has 6 nitrogen and oxygen atoms in total. The maximum atomic E-state index is 11.5. The fraction of sp³-hybridized carbons (Fsp3) is 0.545. The van der Waals surface area contributed by atoms with Crippen LogP contribution in [0.3, 0.4) is 0 Å². The molecule has 0 aliphatic carbocycles. The third-order valence-corrected chi connectivity index (χ3v) is 2.34. The SMILES string of the molecule is CCn1cc(NC(=O)CCCC(=O)O)c(C)n1. The average molecular weight is 239 g/mol. The first-order valence-electron chi connectivity index (χ1n) is 5.58. The molecule has 0 aliphatic rings. The average Bonchev–Trinajstić information content (AvgIpc) is 2.59. The molecule has 0 aromatic carbocycles. The van der Waals surface area contributed by atoms with Gasteiger partial charge in [0.2, 0.25) is 5.91 Å². The van der Waals surface area contributed by atoms with Crippen LogP contribution < -0.4 is 5.32 Å². The number of carbonyl (C=O) groups excluding carboxylic acids is 1. The standard InChI is InChI=1S/C11H17N3O3/c1-3-14-7-9(8(2)13-14)12-10(15)5-4-6-11(16)17/h7H,3-6H2,1-2H3,(H,12,15)(H,16,17). The minimum Gasteiger partial charge on any atom is -0.481 e. The third kappa shape index (κ3) is 4.26. The molecule has 17 heavy (non-hydrogen) atoms. The Bertz CT molecular complexity index is 412. The van der Waals surface area contributed by atoms with Crippen LogP contribution in [0.25, 0.3) is 0 Å². The summed E-state index contributed by atoms with van der Waals surface area (Å²) in [6, 6.07) is 0. The van der Waals surface area contributed by atoms with Crippen molar-refractivity contribution in [1.82, 2.24) is 9.78 Å². The Hall–Kier alpha value is -1.85. The van der Waals surface area contributed by atoms with Gasteiger partial charge in [0.25, 0.3) is 0 Å². The maximum Gasteiger partial charge on any atom is 0.303 e. The molecule has 6 heteroatoms. The highest BCUT2D eigenvalue weighted by atomic mass is 16.4. The van der Waals surface area contributed by atoms with Crippen LogP contribution in [0.1, 0.15) is 31.9 Å². The van der Waals surface area contributed by atoms with Gasteiger partial charge in [-0.3, -0.25) is 14.3 Å². The summed E-state index contributed by atoms with van der Waals surface area (Å²) in [6.07, 6.45) is 2.34. The number of rotatable bonds is 6. The zero-order chi connectivity index (χ0) is 12.8. The number of hydrogen-bond donors (Lipinski definition) is 2. The lowest BCUT2D eigenvalue weighted by atomic mass is 10.2. The molecule has 0 saturated heterocycles.